The lowest BCUT2D eigenvalue weighted by molar-refractivity contribution is -0.123. The molecule has 4 nitrogen and oxygen atoms in total. The van der Waals surface area contributed by atoms with Crippen LogP contribution in [0.25, 0.3) is 0 Å². The highest BCUT2D eigenvalue weighted by Gasteiger charge is 2.19. The van der Waals surface area contributed by atoms with E-state index in [1.165, 1.54) is 5.56 Å². The van der Waals surface area contributed by atoms with Crippen molar-refractivity contribution in [1.29, 1.82) is 0 Å². The quantitative estimate of drug-likeness (QED) is 0.490. The number of nitrogens with one attached hydrogen (secondary N) is 1. The molecule has 0 spiro atoms. The predicted molar refractivity (Wildman–Crippen MR) is 115 cm³/mol. The molecule has 0 fully saturated rings. The fourth-order valence-electron chi connectivity index (χ4n) is 2.81. The summed E-state index contributed by atoms with van der Waals surface area (Å²) in [5, 5.41) is 4.29. The van der Waals surface area contributed by atoms with Crippen molar-refractivity contribution in [3.05, 3.63) is 52.0 Å². The second kappa shape index (κ2) is 8.87. The molecule has 1 aliphatic carbocycles. The Labute approximate surface area is 170 Å². The van der Waals surface area contributed by atoms with Gasteiger partial charge in [0, 0.05) is 0 Å². The van der Waals surface area contributed by atoms with E-state index in [2.05, 4.69) is 59.9 Å². The lowest BCUT2D eigenvalue weighted by Crippen LogP contribution is -2.27. The molecular formula is C22H29BrN2O2. The van der Waals surface area contributed by atoms with E-state index >= 15 is 0 Å². The molecular weight excluding hydrogens is 404 g/mol. The average molecular weight is 433 g/mol. The summed E-state index contributed by atoms with van der Waals surface area (Å²) in [5.41, 5.74) is 7.01. The fraction of sp³-hybridized carbons (Fsp3) is 0.455. The highest BCUT2D eigenvalue weighted by Crippen LogP contribution is 2.31. The van der Waals surface area contributed by atoms with Crippen molar-refractivity contribution in [2.24, 2.45) is 11.0 Å². The Bertz CT molecular complexity index is 788. The van der Waals surface area contributed by atoms with Crippen LogP contribution in [0.15, 0.2) is 51.6 Å². The summed E-state index contributed by atoms with van der Waals surface area (Å²) in [4.78, 5) is 12.1. The molecule has 2 rings (SSSR count). The summed E-state index contributed by atoms with van der Waals surface area (Å²) in [7, 11) is 0. The maximum absolute atomic E-state index is 12.1. The van der Waals surface area contributed by atoms with E-state index in [4.69, 9.17) is 4.74 Å². The highest BCUT2D eigenvalue weighted by atomic mass is 79.9. The minimum absolute atomic E-state index is 0.0571. The number of halogens is 1. The van der Waals surface area contributed by atoms with E-state index in [9.17, 15) is 4.79 Å². The molecule has 0 bridgehead atoms. The first kappa shape index (κ1) is 21.4. The largest absolute Gasteiger partial charge is 0.483 e. The van der Waals surface area contributed by atoms with Crippen LogP contribution >= 0.6 is 15.9 Å². The van der Waals surface area contributed by atoms with Gasteiger partial charge in [-0.15, -0.1) is 0 Å². The van der Waals surface area contributed by atoms with Crippen LogP contribution in [0, 0.1) is 5.92 Å². The van der Waals surface area contributed by atoms with Crippen molar-refractivity contribution in [2.75, 3.05) is 6.61 Å². The standard InChI is InChI=1S/C22H29BrN2O2/c1-14(2)16-8-7-15(3)19(11-16)24-25-21(26)13-27-20-10-9-17(12-18(20)23)22(4,5)6/h7,9-10,12,16H,1,8,11,13H2,2-6H3,(H,25,26)/b24-19+/t16-/m1/s1. The van der Waals surface area contributed by atoms with Gasteiger partial charge in [-0.3, -0.25) is 4.79 Å². The first-order chi connectivity index (χ1) is 12.6. The molecule has 0 unspecified atom stereocenters. The Kier molecular flexibility index (Phi) is 7.04. The van der Waals surface area contributed by atoms with Gasteiger partial charge in [0.25, 0.3) is 5.91 Å². The number of ether oxygens (including phenoxy) is 1. The van der Waals surface area contributed by atoms with Crippen molar-refractivity contribution in [3.8, 4) is 5.75 Å². The summed E-state index contributed by atoms with van der Waals surface area (Å²) in [6.07, 6.45) is 3.94. The number of carbonyl (C=O) groups excluding carboxylic acids is 1. The van der Waals surface area contributed by atoms with Crippen LogP contribution in [0.3, 0.4) is 0 Å². The van der Waals surface area contributed by atoms with Gasteiger partial charge in [-0.2, -0.15) is 5.10 Å². The zero-order valence-electron chi connectivity index (χ0n) is 16.9. The lowest BCUT2D eigenvalue weighted by atomic mass is 9.85. The average Bonchev–Trinajstić information content (AvgIpc) is 2.58. The van der Waals surface area contributed by atoms with Crippen LogP contribution in [0.2, 0.25) is 0 Å². The Hall–Kier alpha value is -1.88. The Morgan fingerprint density at radius 1 is 1.41 bits per heavy atom. The molecule has 1 aromatic rings. The minimum atomic E-state index is -0.278. The van der Waals surface area contributed by atoms with E-state index in [0.29, 0.717) is 11.7 Å². The molecule has 27 heavy (non-hydrogen) atoms. The lowest BCUT2D eigenvalue weighted by Gasteiger charge is -2.22. The number of allylic oxidation sites excluding steroid dienone is 3. The van der Waals surface area contributed by atoms with Crippen LogP contribution in [-0.2, 0) is 10.2 Å². The molecule has 0 radical (unpaired) electrons. The predicted octanol–water partition coefficient (Wildman–Crippen LogP) is 5.53. The Morgan fingerprint density at radius 2 is 2.11 bits per heavy atom. The summed E-state index contributed by atoms with van der Waals surface area (Å²) < 4.78 is 6.47. The first-order valence-corrected chi connectivity index (χ1v) is 9.98. The zero-order valence-corrected chi connectivity index (χ0v) is 18.4. The van der Waals surface area contributed by atoms with Crippen molar-refractivity contribution in [3.63, 3.8) is 0 Å². The smallest absolute Gasteiger partial charge is 0.277 e. The fourth-order valence-corrected chi connectivity index (χ4v) is 3.31. The van der Waals surface area contributed by atoms with Gasteiger partial charge in [0.15, 0.2) is 6.61 Å². The van der Waals surface area contributed by atoms with Gasteiger partial charge in [0.2, 0.25) is 0 Å². The number of hydrogen-bond donors (Lipinski definition) is 1. The monoisotopic (exact) mass is 432 g/mol. The Balaban J connectivity index is 1.94. The maximum Gasteiger partial charge on any atom is 0.277 e. The molecule has 5 heteroatoms. The van der Waals surface area contributed by atoms with E-state index in [1.807, 2.05) is 32.0 Å². The number of hydrazone groups is 1. The molecule has 0 saturated carbocycles. The second-order valence-corrected chi connectivity index (χ2v) is 9.00. The van der Waals surface area contributed by atoms with E-state index in [-0.39, 0.29) is 17.9 Å². The summed E-state index contributed by atoms with van der Waals surface area (Å²) in [6, 6.07) is 5.93. The van der Waals surface area contributed by atoms with Gasteiger partial charge in [-0.25, -0.2) is 5.43 Å². The van der Waals surface area contributed by atoms with Gasteiger partial charge in [0.05, 0.1) is 10.2 Å². The third-order valence-electron chi connectivity index (χ3n) is 4.77. The van der Waals surface area contributed by atoms with Crippen molar-refractivity contribution in [1.82, 2.24) is 5.43 Å². The van der Waals surface area contributed by atoms with E-state index in [0.717, 1.165) is 34.2 Å². The molecule has 0 aliphatic heterocycles. The Morgan fingerprint density at radius 3 is 2.70 bits per heavy atom. The number of rotatable bonds is 5. The number of benzene rings is 1. The van der Waals surface area contributed by atoms with Crippen LogP contribution in [0.1, 0.15) is 53.0 Å². The third-order valence-corrected chi connectivity index (χ3v) is 5.39. The highest BCUT2D eigenvalue weighted by molar-refractivity contribution is 9.10. The maximum atomic E-state index is 12.1. The molecule has 1 amide bonds. The number of hydrogen-bond acceptors (Lipinski definition) is 3. The van der Waals surface area contributed by atoms with Gasteiger partial charge in [0.1, 0.15) is 5.75 Å². The zero-order chi connectivity index (χ0) is 20.2. The van der Waals surface area contributed by atoms with Crippen LogP contribution in [0.4, 0.5) is 0 Å². The number of amides is 1. The molecule has 0 saturated heterocycles. The minimum Gasteiger partial charge on any atom is -0.483 e. The van der Waals surface area contributed by atoms with Crippen molar-refractivity contribution < 1.29 is 9.53 Å². The van der Waals surface area contributed by atoms with Crippen LogP contribution in [0.5, 0.6) is 5.75 Å². The molecule has 0 heterocycles. The molecule has 1 atom stereocenters. The summed E-state index contributed by atoms with van der Waals surface area (Å²) in [5.74, 6) is 0.749. The molecule has 1 N–H and O–H groups in total. The number of nitrogens with zero attached hydrogens (tertiary/aromatic N) is 1. The van der Waals surface area contributed by atoms with Crippen LogP contribution in [-0.4, -0.2) is 18.2 Å². The van der Waals surface area contributed by atoms with Gasteiger partial charge in [-0.05, 0) is 77.2 Å². The second-order valence-electron chi connectivity index (χ2n) is 8.15. The van der Waals surface area contributed by atoms with E-state index in [1.54, 1.807) is 0 Å². The summed E-state index contributed by atoms with van der Waals surface area (Å²) >= 11 is 3.52. The SMILES string of the molecule is C=C(C)[C@@H]1CC=C(C)/C(=N/NC(=O)COc2ccc(C(C)(C)C)cc2Br)C1. The van der Waals surface area contributed by atoms with Crippen molar-refractivity contribution >= 4 is 27.5 Å². The third kappa shape index (κ3) is 6.06. The van der Waals surface area contributed by atoms with E-state index < -0.39 is 0 Å². The topological polar surface area (TPSA) is 50.7 Å². The van der Waals surface area contributed by atoms with Crippen molar-refractivity contribution in [2.45, 2.75) is 52.9 Å². The van der Waals surface area contributed by atoms with Crippen LogP contribution < -0.4 is 10.2 Å². The summed E-state index contributed by atoms with van der Waals surface area (Å²) in [6.45, 7) is 14.5. The molecule has 1 aromatic carbocycles. The molecule has 1 aliphatic rings. The molecule has 0 aromatic heterocycles. The van der Waals surface area contributed by atoms with Gasteiger partial charge in [-0.1, -0.05) is 45.1 Å². The van der Waals surface area contributed by atoms with Gasteiger partial charge < -0.3 is 4.74 Å². The number of carbonyl (C=O) groups is 1. The van der Waals surface area contributed by atoms with Gasteiger partial charge >= 0.3 is 0 Å². The molecule has 146 valence electrons. The normalized spacial score (nSPS) is 18.8. The first-order valence-electron chi connectivity index (χ1n) is 9.18.